The Morgan fingerprint density at radius 2 is 1.47 bits per heavy atom. The number of rotatable bonds is 15. The van der Waals surface area contributed by atoms with E-state index in [0.29, 0.717) is 17.1 Å². The van der Waals surface area contributed by atoms with Crippen LogP contribution in [0.15, 0.2) is 17.0 Å². The first kappa shape index (κ1) is 26.8. The Bertz CT molecular complexity index is 751. The van der Waals surface area contributed by atoms with Gasteiger partial charge in [0.2, 0.25) is 0 Å². The van der Waals surface area contributed by atoms with Crippen LogP contribution in [-0.4, -0.2) is 21.0 Å². The van der Waals surface area contributed by atoms with Crippen molar-refractivity contribution in [2.45, 2.75) is 103 Å². The van der Waals surface area contributed by atoms with Crippen molar-refractivity contribution in [2.24, 2.45) is 0 Å². The van der Waals surface area contributed by atoms with E-state index in [9.17, 15) is 13.2 Å². The smallest absolute Gasteiger partial charge is 0.328 e. The van der Waals surface area contributed by atoms with Gasteiger partial charge in [0.15, 0.2) is 0 Å². The number of amides is 2. The molecule has 0 aliphatic carbocycles. The first-order valence-electron chi connectivity index (χ1n) is 11.4. The summed E-state index contributed by atoms with van der Waals surface area (Å²) in [6.07, 6.45) is 13.9. The molecule has 0 aliphatic heterocycles. The van der Waals surface area contributed by atoms with Gasteiger partial charge in [-0.1, -0.05) is 83.2 Å². The van der Waals surface area contributed by atoms with Crippen molar-refractivity contribution < 1.29 is 13.2 Å². The highest BCUT2D eigenvalue weighted by molar-refractivity contribution is 7.90. The minimum absolute atomic E-state index is 0.112. The molecule has 2 N–H and O–H groups in total. The zero-order valence-electron chi connectivity index (χ0n) is 18.9. The van der Waals surface area contributed by atoms with Crippen LogP contribution in [0.3, 0.4) is 0 Å². The van der Waals surface area contributed by atoms with E-state index in [1.165, 1.54) is 57.4 Å². The van der Waals surface area contributed by atoms with Gasteiger partial charge >= 0.3 is 6.03 Å². The summed E-state index contributed by atoms with van der Waals surface area (Å²) in [7, 11) is -3.93. The summed E-state index contributed by atoms with van der Waals surface area (Å²) in [6, 6.07) is 2.37. The van der Waals surface area contributed by atoms with E-state index >= 15 is 0 Å². The number of hydrogen-bond acceptors (Lipinski definition) is 3. The third kappa shape index (κ3) is 9.69. The normalized spacial score (nSPS) is 11.5. The van der Waals surface area contributed by atoms with Crippen LogP contribution in [0.1, 0.15) is 95.6 Å². The van der Waals surface area contributed by atoms with Crippen molar-refractivity contribution in [1.82, 2.24) is 10.0 Å². The van der Waals surface area contributed by atoms with Gasteiger partial charge in [-0.2, -0.15) is 0 Å². The molecule has 7 heteroatoms. The highest BCUT2D eigenvalue weighted by Gasteiger charge is 2.22. The van der Waals surface area contributed by atoms with E-state index in [1.54, 1.807) is 13.0 Å². The molecule has 1 aromatic carbocycles. The number of nitrogens with one attached hydrogen (secondary N) is 2. The second kappa shape index (κ2) is 14.7. The van der Waals surface area contributed by atoms with Gasteiger partial charge in [-0.05, 0) is 49.4 Å². The minimum atomic E-state index is -3.93. The molecule has 1 aromatic rings. The summed E-state index contributed by atoms with van der Waals surface area (Å²) in [5.41, 5.74) is 1.47. The number of hydrogen-bond donors (Lipinski definition) is 2. The van der Waals surface area contributed by atoms with Crippen LogP contribution in [0.25, 0.3) is 0 Å². The van der Waals surface area contributed by atoms with Gasteiger partial charge in [0, 0.05) is 11.6 Å². The number of benzene rings is 1. The van der Waals surface area contributed by atoms with Crippen LogP contribution in [0, 0.1) is 6.92 Å². The second-order valence-corrected chi connectivity index (χ2v) is 10.0. The maximum absolute atomic E-state index is 12.6. The third-order valence-corrected chi connectivity index (χ3v) is 7.15. The second-order valence-electron chi connectivity index (χ2n) is 7.94. The molecule has 0 fully saturated rings. The molecule has 1 rings (SSSR count). The van der Waals surface area contributed by atoms with E-state index in [-0.39, 0.29) is 4.90 Å². The summed E-state index contributed by atoms with van der Waals surface area (Å²) in [6.45, 7) is 6.32. The van der Waals surface area contributed by atoms with Gasteiger partial charge in [0.25, 0.3) is 10.0 Å². The molecule has 0 heterocycles. The summed E-state index contributed by atoms with van der Waals surface area (Å²) in [5.74, 6) is 0. The van der Waals surface area contributed by atoms with E-state index < -0.39 is 16.1 Å². The Kier molecular flexibility index (Phi) is 13.1. The van der Waals surface area contributed by atoms with E-state index in [0.717, 1.165) is 31.2 Å². The SMILES string of the molecule is CCCCCCCCCCCCc1c(Cl)ccc(S(=O)(=O)NC(=O)NCCC)c1C. The average Bonchev–Trinajstić information content (AvgIpc) is 2.69. The first-order valence-corrected chi connectivity index (χ1v) is 13.3. The number of carbonyl (C=O) groups excluding carboxylic acids is 1. The predicted molar refractivity (Wildman–Crippen MR) is 126 cm³/mol. The lowest BCUT2D eigenvalue weighted by Crippen LogP contribution is -2.39. The Morgan fingerprint density at radius 1 is 0.900 bits per heavy atom. The lowest BCUT2D eigenvalue weighted by atomic mass is 10.0. The molecule has 0 unspecified atom stereocenters. The molecule has 2 amide bonds. The van der Waals surface area contributed by atoms with Gasteiger partial charge in [0.1, 0.15) is 0 Å². The highest BCUT2D eigenvalue weighted by atomic mass is 35.5. The molecular formula is C23H39ClN2O3S. The fourth-order valence-corrected chi connectivity index (χ4v) is 5.04. The molecule has 30 heavy (non-hydrogen) atoms. The van der Waals surface area contributed by atoms with Crippen molar-refractivity contribution in [1.29, 1.82) is 0 Å². The number of carbonyl (C=O) groups is 1. The van der Waals surface area contributed by atoms with Gasteiger partial charge in [-0.3, -0.25) is 0 Å². The molecule has 0 spiro atoms. The Labute approximate surface area is 188 Å². The minimum Gasteiger partial charge on any atom is -0.337 e. The van der Waals surface area contributed by atoms with Crippen molar-refractivity contribution in [3.8, 4) is 0 Å². The van der Waals surface area contributed by atoms with Crippen LogP contribution in [-0.2, 0) is 16.4 Å². The number of halogens is 1. The van der Waals surface area contributed by atoms with E-state index in [2.05, 4.69) is 17.0 Å². The molecule has 5 nitrogen and oxygen atoms in total. The average molecular weight is 459 g/mol. The van der Waals surface area contributed by atoms with Crippen molar-refractivity contribution in [3.05, 3.63) is 28.3 Å². The molecule has 0 bridgehead atoms. The van der Waals surface area contributed by atoms with Crippen molar-refractivity contribution >= 4 is 27.7 Å². The fourth-order valence-electron chi connectivity index (χ4n) is 3.54. The van der Waals surface area contributed by atoms with Crippen LogP contribution in [0.2, 0.25) is 5.02 Å². The lowest BCUT2D eigenvalue weighted by Gasteiger charge is -2.15. The zero-order chi connectivity index (χ0) is 22.4. The molecule has 0 radical (unpaired) electrons. The van der Waals surface area contributed by atoms with Crippen LogP contribution in [0.5, 0.6) is 0 Å². The van der Waals surface area contributed by atoms with Gasteiger partial charge in [-0.15, -0.1) is 0 Å². The molecule has 0 saturated carbocycles. The molecule has 172 valence electrons. The van der Waals surface area contributed by atoms with Crippen LogP contribution in [0.4, 0.5) is 4.79 Å². The quantitative estimate of drug-likeness (QED) is 0.294. The molecule has 0 saturated heterocycles. The van der Waals surface area contributed by atoms with Gasteiger partial charge in [-0.25, -0.2) is 17.9 Å². The number of unbranched alkanes of at least 4 members (excludes halogenated alkanes) is 9. The maximum Gasteiger partial charge on any atom is 0.328 e. The summed E-state index contributed by atoms with van der Waals surface area (Å²) in [4.78, 5) is 11.9. The predicted octanol–water partition coefficient (Wildman–Crippen LogP) is 6.51. The van der Waals surface area contributed by atoms with E-state index in [4.69, 9.17) is 11.6 Å². The third-order valence-electron chi connectivity index (χ3n) is 5.32. The van der Waals surface area contributed by atoms with Crippen LogP contribution < -0.4 is 10.0 Å². The van der Waals surface area contributed by atoms with Crippen molar-refractivity contribution in [3.63, 3.8) is 0 Å². The molecule has 0 aromatic heterocycles. The van der Waals surface area contributed by atoms with Gasteiger partial charge < -0.3 is 5.32 Å². The highest BCUT2D eigenvalue weighted by Crippen LogP contribution is 2.28. The molecule has 0 atom stereocenters. The lowest BCUT2D eigenvalue weighted by molar-refractivity contribution is 0.246. The fraction of sp³-hybridized carbons (Fsp3) is 0.696. The first-order chi connectivity index (χ1) is 14.3. The van der Waals surface area contributed by atoms with Crippen LogP contribution >= 0.6 is 11.6 Å². The standard InChI is InChI=1S/C23H39ClN2O3S/c1-4-6-7-8-9-10-11-12-13-14-15-20-19(3)22(17-16-21(20)24)30(28,29)26-23(27)25-18-5-2/h16-17H,4-15,18H2,1-3H3,(H2,25,26,27). The molecular weight excluding hydrogens is 420 g/mol. The summed E-state index contributed by atoms with van der Waals surface area (Å²) < 4.78 is 27.3. The Balaban J connectivity index is 2.55. The number of urea groups is 1. The Hall–Kier alpha value is -1.27. The summed E-state index contributed by atoms with van der Waals surface area (Å²) >= 11 is 6.35. The molecule has 0 aliphatic rings. The van der Waals surface area contributed by atoms with Gasteiger partial charge in [0.05, 0.1) is 4.90 Å². The van der Waals surface area contributed by atoms with E-state index in [1.807, 2.05) is 6.92 Å². The summed E-state index contributed by atoms with van der Waals surface area (Å²) in [5, 5.41) is 3.10. The Morgan fingerprint density at radius 3 is 2.03 bits per heavy atom. The topological polar surface area (TPSA) is 75.3 Å². The maximum atomic E-state index is 12.6. The zero-order valence-corrected chi connectivity index (χ0v) is 20.4. The largest absolute Gasteiger partial charge is 0.337 e. The number of sulfonamides is 1. The van der Waals surface area contributed by atoms with Crippen molar-refractivity contribution in [2.75, 3.05) is 6.54 Å². The monoisotopic (exact) mass is 458 g/mol.